The molecule has 0 amide bonds. The number of allylic oxidation sites excluding steroid dienone is 3. The zero-order chi connectivity index (χ0) is 13.3. The molecule has 0 spiro atoms. The maximum Gasteiger partial charge on any atom is 0.124 e. The molecule has 2 rings (SSSR count). The predicted molar refractivity (Wildman–Crippen MR) is 74.7 cm³/mol. The zero-order valence-electron chi connectivity index (χ0n) is 10.5. The van der Waals surface area contributed by atoms with Crippen LogP contribution in [0.2, 0.25) is 5.02 Å². The molecule has 1 aromatic carbocycles. The van der Waals surface area contributed by atoms with E-state index in [2.05, 4.69) is 18.4 Å². The van der Waals surface area contributed by atoms with Crippen LogP contribution in [0.1, 0.15) is 19.4 Å². The van der Waals surface area contributed by atoms with Crippen molar-refractivity contribution in [3.05, 3.63) is 64.6 Å². The van der Waals surface area contributed by atoms with Gasteiger partial charge in [0.25, 0.3) is 0 Å². The molecule has 0 saturated carbocycles. The van der Waals surface area contributed by atoms with E-state index >= 15 is 0 Å². The van der Waals surface area contributed by atoms with Gasteiger partial charge in [-0.05, 0) is 43.7 Å². The fraction of sp³-hybridized carbons (Fsp3) is 0.200. The highest BCUT2D eigenvalue weighted by atomic mass is 35.5. The van der Waals surface area contributed by atoms with Gasteiger partial charge in [0.05, 0.1) is 5.02 Å². The Balaban J connectivity index is 2.52. The Morgan fingerprint density at radius 1 is 1.33 bits per heavy atom. The van der Waals surface area contributed by atoms with Crippen molar-refractivity contribution in [2.75, 3.05) is 6.54 Å². The molecule has 0 aliphatic carbocycles. The van der Waals surface area contributed by atoms with E-state index in [4.69, 9.17) is 11.6 Å². The van der Waals surface area contributed by atoms with E-state index in [1.54, 1.807) is 6.07 Å². The van der Waals surface area contributed by atoms with E-state index in [0.717, 1.165) is 29.1 Å². The first-order chi connectivity index (χ1) is 8.54. The Kier molecular flexibility index (Phi) is 3.58. The Hall–Kier alpha value is -1.54. The summed E-state index contributed by atoms with van der Waals surface area (Å²) in [5.41, 5.74) is 3.86. The molecule has 0 fully saturated rings. The standard InChI is InChI=1S/C15H15ClFN/c1-4-18-11(3)10(2)5-8-15(18)13-7-6-12(17)9-14(13)16/h5-9H,3-4H2,1-2H3. The van der Waals surface area contributed by atoms with Crippen molar-refractivity contribution in [3.8, 4) is 0 Å². The van der Waals surface area contributed by atoms with Crippen molar-refractivity contribution in [1.82, 2.24) is 4.90 Å². The minimum absolute atomic E-state index is 0.325. The number of likely N-dealkylation sites (N-methyl/N-ethyl adjacent to an activating group) is 1. The maximum absolute atomic E-state index is 13.1. The second-order valence-corrected chi connectivity index (χ2v) is 4.62. The highest BCUT2D eigenvalue weighted by Gasteiger charge is 2.19. The molecule has 1 aliphatic heterocycles. The lowest BCUT2D eigenvalue weighted by Crippen LogP contribution is -2.23. The molecule has 1 aliphatic rings. The summed E-state index contributed by atoms with van der Waals surface area (Å²) in [6.45, 7) is 8.93. The van der Waals surface area contributed by atoms with Crippen LogP contribution in [-0.2, 0) is 0 Å². The van der Waals surface area contributed by atoms with Crippen molar-refractivity contribution >= 4 is 17.3 Å². The van der Waals surface area contributed by atoms with Crippen LogP contribution < -0.4 is 0 Å². The summed E-state index contributed by atoms with van der Waals surface area (Å²) in [5, 5.41) is 0.417. The van der Waals surface area contributed by atoms with Gasteiger partial charge >= 0.3 is 0 Å². The molecular weight excluding hydrogens is 249 g/mol. The number of halogens is 2. The maximum atomic E-state index is 13.1. The SMILES string of the molecule is C=C1C(C)=CC=C(c2ccc(F)cc2Cl)N1CC. The molecule has 0 saturated heterocycles. The van der Waals surface area contributed by atoms with Crippen LogP contribution in [0.5, 0.6) is 0 Å². The van der Waals surface area contributed by atoms with E-state index < -0.39 is 0 Å². The van der Waals surface area contributed by atoms with Crippen LogP contribution >= 0.6 is 11.6 Å². The Bertz CT molecular complexity index is 558. The van der Waals surface area contributed by atoms with Crippen LogP contribution in [0.25, 0.3) is 5.70 Å². The van der Waals surface area contributed by atoms with Gasteiger partial charge in [-0.1, -0.05) is 24.3 Å². The number of hydrogen-bond acceptors (Lipinski definition) is 1. The van der Waals surface area contributed by atoms with Gasteiger partial charge in [0, 0.05) is 23.5 Å². The second kappa shape index (κ2) is 4.99. The highest BCUT2D eigenvalue weighted by Crippen LogP contribution is 2.33. The summed E-state index contributed by atoms with van der Waals surface area (Å²) in [7, 11) is 0. The minimum atomic E-state index is -0.325. The molecule has 3 heteroatoms. The average Bonchev–Trinajstić information content (AvgIpc) is 2.33. The molecule has 94 valence electrons. The molecule has 0 unspecified atom stereocenters. The largest absolute Gasteiger partial charge is 0.342 e. The van der Waals surface area contributed by atoms with E-state index in [1.165, 1.54) is 12.1 Å². The zero-order valence-corrected chi connectivity index (χ0v) is 11.3. The van der Waals surface area contributed by atoms with Crippen molar-refractivity contribution in [3.63, 3.8) is 0 Å². The van der Waals surface area contributed by atoms with Crippen LogP contribution in [0, 0.1) is 5.82 Å². The van der Waals surface area contributed by atoms with E-state index in [0.29, 0.717) is 5.02 Å². The first-order valence-electron chi connectivity index (χ1n) is 5.85. The second-order valence-electron chi connectivity index (χ2n) is 4.22. The third-order valence-corrected chi connectivity index (χ3v) is 3.40. The van der Waals surface area contributed by atoms with Gasteiger partial charge in [-0.15, -0.1) is 0 Å². The quantitative estimate of drug-likeness (QED) is 0.753. The van der Waals surface area contributed by atoms with Gasteiger partial charge in [0.1, 0.15) is 5.82 Å². The van der Waals surface area contributed by atoms with E-state index in [1.807, 2.05) is 19.1 Å². The fourth-order valence-corrected chi connectivity index (χ4v) is 2.31. The van der Waals surface area contributed by atoms with E-state index in [9.17, 15) is 4.39 Å². The fourth-order valence-electron chi connectivity index (χ4n) is 2.04. The number of nitrogens with zero attached hydrogens (tertiary/aromatic N) is 1. The van der Waals surface area contributed by atoms with Crippen LogP contribution in [0.3, 0.4) is 0 Å². The Morgan fingerprint density at radius 3 is 2.67 bits per heavy atom. The van der Waals surface area contributed by atoms with Gasteiger partial charge in [-0.25, -0.2) is 4.39 Å². The number of rotatable bonds is 2. The third-order valence-electron chi connectivity index (χ3n) is 3.09. The van der Waals surface area contributed by atoms with Crippen molar-refractivity contribution in [2.24, 2.45) is 0 Å². The summed E-state index contributed by atoms with van der Waals surface area (Å²) in [5.74, 6) is -0.325. The van der Waals surface area contributed by atoms with Crippen molar-refractivity contribution in [2.45, 2.75) is 13.8 Å². The monoisotopic (exact) mass is 263 g/mol. The van der Waals surface area contributed by atoms with Crippen LogP contribution in [0.15, 0.2) is 48.2 Å². The molecule has 1 aromatic rings. The molecule has 1 heterocycles. The van der Waals surface area contributed by atoms with Crippen molar-refractivity contribution < 1.29 is 4.39 Å². The van der Waals surface area contributed by atoms with Gasteiger partial charge in [0.2, 0.25) is 0 Å². The average molecular weight is 264 g/mol. The first kappa shape index (κ1) is 12.9. The van der Waals surface area contributed by atoms with Gasteiger partial charge in [-0.2, -0.15) is 0 Å². The Labute approximate surface area is 112 Å². The third kappa shape index (κ3) is 2.21. The number of hydrogen-bond donors (Lipinski definition) is 0. The Morgan fingerprint density at radius 2 is 2.06 bits per heavy atom. The first-order valence-corrected chi connectivity index (χ1v) is 6.23. The lowest BCUT2D eigenvalue weighted by atomic mass is 10.0. The van der Waals surface area contributed by atoms with Gasteiger partial charge in [0.15, 0.2) is 0 Å². The highest BCUT2D eigenvalue weighted by molar-refractivity contribution is 6.32. The van der Waals surface area contributed by atoms with Crippen LogP contribution in [0.4, 0.5) is 4.39 Å². The summed E-state index contributed by atoms with van der Waals surface area (Å²) in [4.78, 5) is 2.08. The normalized spacial score (nSPS) is 15.6. The summed E-state index contributed by atoms with van der Waals surface area (Å²) in [6.07, 6.45) is 4.00. The summed E-state index contributed by atoms with van der Waals surface area (Å²) in [6, 6.07) is 4.46. The molecule has 0 radical (unpaired) electrons. The molecule has 0 N–H and O–H groups in total. The number of benzene rings is 1. The minimum Gasteiger partial charge on any atom is -0.342 e. The predicted octanol–water partition coefficient (Wildman–Crippen LogP) is 4.62. The van der Waals surface area contributed by atoms with E-state index in [-0.39, 0.29) is 5.82 Å². The van der Waals surface area contributed by atoms with Gasteiger partial charge in [-0.3, -0.25) is 0 Å². The molecule has 0 atom stereocenters. The smallest absolute Gasteiger partial charge is 0.124 e. The molecular formula is C15H15ClFN. The lowest BCUT2D eigenvalue weighted by molar-refractivity contribution is 0.522. The summed E-state index contributed by atoms with van der Waals surface area (Å²) < 4.78 is 13.1. The van der Waals surface area contributed by atoms with Crippen molar-refractivity contribution in [1.29, 1.82) is 0 Å². The molecule has 18 heavy (non-hydrogen) atoms. The topological polar surface area (TPSA) is 3.24 Å². The molecule has 1 nitrogen and oxygen atoms in total. The van der Waals surface area contributed by atoms with Gasteiger partial charge < -0.3 is 4.90 Å². The molecule has 0 aromatic heterocycles. The summed E-state index contributed by atoms with van der Waals surface area (Å²) >= 11 is 6.11. The lowest BCUT2D eigenvalue weighted by Gasteiger charge is -2.31. The van der Waals surface area contributed by atoms with Crippen LogP contribution in [-0.4, -0.2) is 11.4 Å². The molecule has 0 bridgehead atoms.